The molecular weight excluding hydrogens is 345 g/mol. The van der Waals surface area contributed by atoms with Crippen LogP contribution in [0.5, 0.6) is 0 Å². The molecule has 136 valence electrons. The van der Waals surface area contributed by atoms with Gasteiger partial charge < -0.3 is 9.47 Å². The van der Waals surface area contributed by atoms with Gasteiger partial charge in [-0.1, -0.05) is 12.1 Å². The summed E-state index contributed by atoms with van der Waals surface area (Å²) in [5.41, 5.74) is 0.757. The van der Waals surface area contributed by atoms with Crippen molar-refractivity contribution < 1.29 is 18.0 Å². The maximum absolute atomic E-state index is 13.1. The first-order chi connectivity index (χ1) is 12.3. The second-order valence-electron chi connectivity index (χ2n) is 6.89. The number of amides is 1. The van der Waals surface area contributed by atoms with Crippen LogP contribution in [0.25, 0.3) is 0 Å². The number of halogens is 3. The van der Waals surface area contributed by atoms with E-state index in [4.69, 9.17) is 0 Å². The Hall–Kier alpha value is -2.57. The number of nitrogens with zero attached hydrogens (tertiary/aromatic N) is 2. The number of carbonyl (C=O) groups excluding carboxylic acids is 1. The molecule has 2 heterocycles. The number of benzene rings is 1. The highest BCUT2D eigenvalue weighted by Crippen LogP contribution is 2.41. The largest absolute Gasteiger partial charge is 0.416 e. The number of rotatable bonds is 1. The predicted octanol–water partition coefficient (Wildman–Crippen LogP) is 3.40. The summed E-state index contributed by atoms with van der Waals surface area (Å²) in [7, 11) is 0. The van der Waals surface area contributed by atoms with Gasteiger partial charge in [0.05, 0.1) is 11.6 Å². The molecule has 0 saturated heterocycles. The SMILES string of the molecule is CC1Cn2c(cccc2=O)C(=O)N1C1CCc2ccc(C(F)(F)F)cc21. The summed E-state index contributed by atoms with van der Waals surface area (Å²) < 4.78 is 40.7. The second kappa shape index (κ2) is 5.72. The zero-order valence-electron chi connectivity index (χ0n) is 14.1. The Bertz CT molecular complexity index is 949. The van der Waals surface area contributed by atoms with Crippen LogP contribution in [0.2, 0.25) is 0 Å². The molecule has 26 heavy (non-hydrogen) atoms. The summed E-state index contributed by atoms with van der Waals surface area (Å²) >= 11 is 0. The lowest BCUT2D eigenvalue weighted by atomic mass is 10.00. The van der Waals surface area contributed by atoms with Crippen LogP contribution in [0, 0.1) is 0 Å². The third kappa shape index (κ3) is 2.53. The summed E-state index contributed by atoms with van der Waals surface area (Å²) in [6.07, 6.45) is -3.19. The van der Waals surface area contributed by atoms with Crippen molar-refractivity contribution in [1.29, 1.82) is 0 Å². The number of hydrogen-bond acceptors (Lipinski definition) is 2. The van der Waals surface area contributed by atoms with E-state index in [1.807, 2.05) is 6.92 Å². The smallest absolute Gasteiger partial charge is 0.326 e. The molecule has 0 fully saturated rings. The van der Waals surface area contributed by atoms with Crippen molar-refractivity contribution in [3.63, 3.8) is 0 Å². The Labute approximate surface area is 147 Å². The van der Waals surface area contributed by atoms with Gasteiger partial charge >= 0.3 is 6.18 Å². The van der Waals surface area contributed by atoms with Gasteiger partial charge in [-0.05, 0) is 49.1 Å². The van der Waals surface area contributed by atoms with E-state index >= 15 is 0 Å². The third-order valence-electron chi connectivity index (χ3n) is 5.28. The van der Waals surface area contributed by atoms with E-state index in [9.17, 15) is 22.8 Å². The minimum Gasteiger partial charge on any atom is -0.326 e. The number of pyridine rings is 1. The molecule has 0 N–H and O–H groups in total. The first-order valence-electron chi connectivity index (χ1n) is 8.50. The molecule has 0 bridgehead atoms. The quantitative estimate of drug-likeness (QED) is 0.780. The predicted molar refractivity (Wildman–Crippen MR) is 88.8 cm³/mol. The van der Waals surface area contributed by atoms with Gasteiger partial charge in [-0.3, -0.25) is 9.59 Å². The number of aromatic nitrogens is 1. The van der Waals surface area contributed by atoms with Crippen molar-refractivity contribution in [3.8, 4) is 0 Å². The van der Waals surface area contributed by atoms with Crippen LogP contribution in [0.3, 0.4) is 0 Å². The zero-order chi connectivity index (χ0) is 18.6. The molecule has 0 radical (unpaired) electrons. The molecule has 2 atom stereocenters. The highest BCUT2D eigenvalue weighted by molar-refractivity contribution is 5.94. The Balaban J connectivity index is 1.77. The molecule has 1 aliphatic heterocycles. The van der Waals surface area contributed by atoms with E-state index in [-0.39, 0.29) is 23.2 Å². The van der Waals surface area contributed by atoms with Gasteiger partial charge in [0, 0.05) is 18.7 Å². The number of fused-ring (bicyclic) bond motifs is 2. The van der Waals surface area contributed by atoms with Crippen molar-refractivity contribution in [2.24, 2.45) is 0 Å². The highest BCUT2D eigenvalue weighted by atomic mass is 19.4. The summed E-state index contributed by atoms with van der Waals surface area (Å²) in [6.45, 7) is 2.16. The molecular formula is C19H17F3N2O2. The number of aryl methyl sites for hydroxylation is 1. The third-order valence-corrected chi connectivity index (χ3v) is 5.28. The topological polar surface area (TPSA) is 42.3 Å². The van der Waals surface area contributed by atoms with Crippen LogP contribution in [0.1, 0.15) is 46.6 Å². The Kier molecular flexibility index (Phi) is 3.71. The van der Waals surface area contributed by atoms with E-state index in [0.29, 0.717) is 24.9 Å². The van der Waals surface area contributed by atoms with Crippen molar-refractivity contribution in [1.82, 2.24) is 9.47 Å². The van der Waals surface area contributed by atoms with E-state index in [1.54, 1.807) is 11.0 Å². The van der Waals surface area contributed by atoms with Gasteiger partial charge in [0.2, 0.25) is 0 Å². The Morgan fingerprint density at radius 1 is 1.12 bits per heavy atom. The number of hydrogen-bond donors (Lipinski definition) is 0. The summed E-state index contributed by atoms with van der Waals surface area (Å²) in [6, 6.07) is 7.61. The fourth-order valence-electron chi connectivity index (χ4n) is 4.07. The molecule has 2 aliphatic rings. The van der Waals surface area contributed by atoms with Gasteiger partial charge in [-0.25, -0.2) is 0 Å². The van der Waals surface area contributed by atoms with Crippen molar-refractivity contribution in [2.45, 2.75) is 44.6 Å². The number of alkyl halides is 3. The molecule has 0 spiro atoms. The second-order valence-corrected chi connectivity index (χ2v) is 6.89. The van der Waals surface area contributed by atoms with Crippen LogP contribution >= 0.6 is 0 Å². The van der Waals surface area contributed by atoms with Crippen LogP contribution in [0.15, 0.2) is 41.2 Å². The molecule has 0 saturated carbocycles. The first-order valence-corrected chi connectivity index (χ1v) is 8.50. The highest BCUT2D eigenvalue weighted by Gasteiger charge is 2.40. The van der Waals surface area contributed by atoms with E-state index in [0.717, 1.165) is 11.6 Å². The Morgan fingerprint density at radius 2 is 1.88 bits per heavy atom. The minimum absolute atomic E-state index is 0.242. The lowest BCUT2D eigenvalue weighted by molar-refractivity contribution is -0.137. The van der Waals surface area contributed by atoms with Gasteiger partial charge in [-0.2, -0.15) is 13.2 Å². The molecule has 1 aromatic carbocycles. The molecule has 1 aromatic heterocycles. The normalized spacial score (nSPS) is 22.3. The fourth-order valence-corrected chi connectivity index (χ4v) is 4.07. The molecule has 2 unspecified atom stereocenters. The lowest BCUT2D eigenvalue weighted by Gasteiger charge is -2.39. The molecule has 7 heteroatoms. The van der Waals surface area contributed by atoms with Gasteiger partial charge in [0.25, 0.3) is 11.5 Å². The first kappa shape index (κ1) is 16.9. The van der Waals surface area contributed by atoms with Gasteiger partial charge in [0.1, 0.15) is 5.69 Å². The Morgan fingerprint density at radius 3 is 2.62 bits per heavy atom. The maximum Gasteiger partial charge on any atom is 0.416 e. The van der Waals surface area contributed by atoms with Crippen molar-refractivity contribution in [3.05, 3.63) is 69.1 Å². The average molecular weight is 362 g/mol. The lowest BCUT2D eigenvalue weighted by Crippen LogP contribution is -2.50. The summed E-state index contributed by atoms with van der Waals surface area (Å²) in [5, 5.41) is 0. The summed E-state index contributed by atoms with van der Waals surface area (Å²) in [5.74, 6) is -0.309. The monoisotopic (exact) mass is 362 g/mol. The molecule has 1 amide bonds. The van der Waals surface area contributed by atoms with E-state index < -0.39 is 17.8 Å². The number of carbonyl (C=O) groups is 1. The van der Waals surface area contributed by atoms with Crippen LogP contribution in [0.4, 0.5) is 13.2 Å². The molecule has 1 aliphatic carbocycles. The average Bonchev–Trinajstić information content (AvgIpc) is 2.98. The van der Waals surface area contributed by atoms with Crippen molar-refractivity contribution >= 4 is 5.91 Å². The minimum atomic E-state index is -4.42. The standard InChI is InChI=1S/C19H17F3N2O2/c1-11-10-23-16(3-2-4-17(23)25)18(26)24(11)15-8-6-12-5-7-13(9-14(12)15)19(20,21)22/h2-5,7,9,11,15H,6,8,10H2,1H3. The van der Waals surface area contributed by atoms with Crippen LogP contribution in [-0.2, 0) is 19.1 Å². The van der Waals surface area contributed by atoms with Gasteiger partial charge in [-0.15, -0.1) is 0 Å². The summed E-state index contributed by atoms with van der Waals surface area (Å²) in [4.78, 5) is 26.6. The van der Waals surface area contributed by atoms with E-state index in [1.165, 1.54) is 28.8 Å². The van der Waals surface area contributed by atoms with Crippen molar-refractivity contribution in [2.75, 3.05) is 0 Å². The van der Waals surface area contributed by atoms with Crippen LogP contribution in [-0.4, -0.2) is 21.4 Å². The molecule has 4 rings (SSSR count). The van der Waals surface area contributed by atoms with E-state index in [2.05, 4.69) is 0 Å². The molecule has 2 aromatic rings. The van der Waals surface area contributed by atoms with Crippen LogP contribution < -0.4 is 5.56 Å². The van der Waals surface area contributed by atoms with Gasteiger partial charge in [0.15, 0.2) is 0 Å². The molecule has 4 nitrogen and oxygen atoms in total. The fraction of sp³-hybridized carbons (Fsp3) is 0.368. The maximum atomic E-state index is 13.1. The zero-order valence-corrected chi connectivity index (χ0v) is 14.1.